The van der Waals surface area contributed by atoms with Crippen LogP contribution in [0.5, 0.6) is 0 Å². The highest BCUT2D eigenvalue weighted by Crippen LogP contribution is 2.40. The van der Waals surface area contributed by atoms with Gasteiger partial charge < -0.3 is 10.8 Å². The third-order valence-electron chi connectivity index (χ3n) is 5.59. The summed E-state index contributed by atoms with van der Waals surface area (Å²) >= 11 is 0. The number of aliphatic hydroxyl groups is 1. The first-order valence-corrected chi connectivity index (χ1v) is 10.3. The van der Waals surface area contributed by atoms with Crippen molar-refractivity contribution in [2.75, 3.05) is 0 Å². The van der Waals surface area contributed by atoms with Crippen molar-refractivity contribution in [2.24, 2.45) is 5.73 Å². The van der Waals surface area contributed by atoms with Crippen molar-refractivity contribution in [2.45, 2.75) is 31.7 Å². The molecule has 4 aromatic rings. The Hall–Kier alpha value is -3.93. The van der Waals surface area contributed by atoms with E-state index in [1.54, 1.807) is 12.1 Å². The van der Waals surface area contributed by atoms with Gasteiger partial charge in [0.2, 0.25) is 5.60 Å². The van der Waals surface area contributed by atoms with Crippen LogP contribution in [0, 0.1) is 11.6 Å². The molecule has 0 spiro atoms. The summed E-state index contributed by atoms with van der Waals surface area (Å²) in [5, 5.41) is 17.7. The molecule has 12 heteroatoms. The number of pyridine rings is 1. The fourth-order valence-corrected chi connectivity index (χ4v) is 3.73. The molecule has 0 saturated heterocycles. The maximum atomic E-state index is 13.8. The maximum Gasteiger partial charge on any atom is 0.423 e. The number of carbonyl (C=O) groups is 1. The fourth-order valence-electron chi connectivity index (χ4n) is 3.73. The van der Waals surface area contributed by atoms with Crippen molar-refractivity contribution >= 4 is 16.8 Å². The first kappa shape index (κ1) is 24.2. The van der Waals surface area contributed by atoms with Crippen LogP contribution in [0.4, 0.5) is 22.0 Å². The molecule has 3 N–H and O–H groups in total. The molecule has 182 valence electrons. The highest BCUT2D eigenvalue weighted by molar-refractivity contribution is 6.00. The van der Waals surface area contributed by atoms with Gasteiger partial charge in [-0.05, 0) is 47.4 Å². The van der Waals surface area contributed by atoms with Crippen LogP contribution in [-0.4, -0.2) is 37.2 Å². The van der Waals surface area contributed by atoms with Crippen LogP contribution in [0.1, 0.15) is 35.1 Å². The predicted molar refractivity (Wildman–Crippen MR) is 115 cm³/mol. The molecule has 0 aliphatic carbocycles. The predicted octanol–water partition coefficient (Wildman–Crippen LogP) is 4.08. The average molecular weight is 491 g/mol. The third kappa shape index (κ3) is 4.56. The number of hydrogen-bond donors (Lipinski definition) is 2. The summed E-state index contributed by atoms with van der Waals surface area (Å²) in [7, 11) is 0. The van der Waals surface area contributed by atoms with Crippen molar-refractivity contribution in [3.05, 3.63) is 77.2 Å². The maximum absolute atomic E-state index is 13.8. The van der Waals surface area contributed by atoms with Crippen molar-refractivity contribution < 1.29 is 31.9 Å². The van der Waals surface area contributed by atoms with Crippen LogP contribution in [-0.2, 0) is 12.1 Å². The van der Waals surface area contributed by atoms with E-state index in [4.69, 9.17) is 5.73 Å². The van der Waals surface area contributed by atoms with Gasteiger partial charge in [0.15, 0.2) is 0 Å². The summed E-state index contributed by atoms with van der Waals surface area (Å²) in [5.41, 5.74) is 2.72. The fraction of sp³-hybridized carbons (Fsp3) is 0.217. The number of aromatic nitrogens is 4. The Balaban J connectivity index is 1.75. The molecular formula is C23H18F5N5O2. The highest BCUT2D eigenvalue weighted by Gasteiger charge is 2.55. The molecule has 1 atom stereocenters. The quantitative estimate of drug-likeness (QED) is 0.396. The zero-order chi connectivity index (χ0) is 25.5. The zero-order valence-corrected chi connectivity index (χ0v) is 18.1. The molecule has 4 rings (SSSR count). The summed E-state index contributed by atoms with van der Waals surface area (Å²) < 4.78 is 68.7. The van der Waals surface area contributed by atoms with E-state index >= 15 is 0 Å². The summed E-state index contributed by atoms with van der Waals surface area (Å²) in [6.45, 7) is 1.15. The number of nitrogens with zero attached hydrogens (tertiary/aromatic N) is 4. The molecule has 2 heterocycles. The van der Waals surface area contributed by atoms with Gasteiger partial charge in [0, 0.05) is 11.5 Å². The minimum atomic E-state index is -4.94. The summed E-state index contributed by atoms with van der Waals surface area (Å²) in [5.74, 6) is -2.48. The molecule has 7 nitrogen and oxygen atoms in total. The number of fused-ring (bicyclic) bond motifs is 1. The Morgan fingerprint density at radius 2 is 1.77 bits per heavy atom. The van der Waals surface area contributed by atoms with Gasteiger partial charge in [0.1, 0.15) is 23.0 Å². The van der Waals surface area contributed by atoms with Crippen LogP contribution in [0.25, 0.3) is 22.0 Å². The van der Waals surface area contributed by atoms with Gasteiger partial charge in [-0.2, -0.15) is 13.2 Å². The van der Waals surface area contributed by atoms with E-state index in [9.17, 15) is 31.9 Å². The van der Waals surface area contributed by atoms with Crippen LogP contribution in [0.15, 0.2) is 48.7 Å². The first-order chi connectivity index (χ1) is 16.4. The van der Waals surface area contributed by atoms with Gasteiger partial charge >= 0.3 is 6.18 Å². The topological polar surface area (TPSA) is 107 Å². The Kier molecular flexibility index (Phi) is 6.01. The van der Waals surface area contributed by atoms with E-state index in [1.807, 2.05) is 0 Å². The second kappa shape index (κ2) is 8.69. The van der Waals surface area contributed by atoms with Crippen molar-refractivity contribution in [1.82, 2.24) is 20.0 Å². The first-order valence-electron chi connectivity index (χ1n) is 10.3. The van der Waals surface area contributed by atoms with Gasteiger partial charge in [0.25, 0.3) is 5.91 Å². The molecular weight excluding hydrogens is 473 g/mol. The lowest BCUT2D eigenvalue weighted by Crippen LogP contribution is -2.42. The number of benzene rings is 2. The Labute approximate surface area is 195 Å². The number of primary amides is 1. The van der Waals surface area contributed by atoms with Crippen molar-refractivity contribution in [1.29, 1.82) is 0 Å². The van der Waals surface area contributed by atoms with Gasteiger partial charge in [-0.1, -0.05) is 24.3 Å². The van der Waals surface area contributed by atoms with E-state index in [0.29, 0.717) is 22.6 Å². The monoisotopic (exact) mass is 491 g/mol. The van der Waals surface area contributed by atoms with Crippen LogP contribution >= 0.6 is 0 Å². The smallest absolute Gasteiger partial charge is 0.375 e. The molecule has 0 radical (unpaired) electrons. The SMILES string of the molecule is CCC(O)(c1cn(Cc2ccc3c(-c4cc(F)cc(F)c4)cc(C(N)=O)nc3c2)nn1)C(F)(F)F. The molecule has 0 saturated carbocycles. The number of alkyl halides is 3. The second-order valence-electron chi connectivity index (χ2n) is 7.94. The molecule has 2 aromatic heterocycles. The minimum Gasteiger partial charge on any atom is -0.375 e. The minimum absolute atomic E-state index is 0.0347. The molecule has 0 aliphatic heterocycles. The number of amides is 1. The summed E-state index contributed by atoms with van der Waals surface area (Å²) in [6, 6.07) is 8.99. The van der Waals surface area contributed by atoms with E-state index in [0.717, 1.165) is 23.0 Å². The Morgan fingerprint density at radius 1 is 1.09 bits per heavy atom. The number of nitrogens with two attached hydrogens (primary N) is 1. The normalized spacial score (nSPS) is 13.7. The molecule has 1 unspecified atom stereocenters. The molecule has 2 aromatic carbocycles. The Morgan fingerprint density at radius 3 is 2.37 bits per heavy atom. The highest BCUT2D eigenvalue weighted by atomic mass is 19.4. The molecule has 0 bridgehead atoms. The Bertz CT molecular complexity index is 1420. The lowest BCUT2D eigenvalue weighted by Gasteiger charge is -2.26. The van der Waals surface area contributed by atoms with Gasteiger partial charge in [-0.3, -0.25) is 4.79 Å². The lowest BCUT2D eigenvalue weighted by atomic mass is 9.96. The lowest BCUT2D eigenvalue weighted by molar-refractivity contribution is -0.269. The second-order valence-corrected chi connectivity index (χ2v) is 7.94. The standard InChI is InChI=1S/C23H18F5N5O2/c1-2-22(35,23(26,27)28)20-11-33(32-31-20)10-12-3-4-16-17(13-6-14(24)8-15(25)7-13)9-19(21(29)34)30-18(16)5-12/h3-9,11,35H,2,10H2,1H3,(H2,29,34). The molecule has 0 fully saturated rings. The van der Waals surface area contributed by atoms with Crippen molar-refractivity contribution in [3.8, 4) is 11.1 Å². The summed E-state index contributed by atoms with van der Waals surface area (Å²) in [4.78, 5) is 16.0. The van der Waals surface area contributed by atoms with Crippen LogP contribution in [0.2, 0.25) is 0 Å². The van der Waals surface area contributed by atoms with Crippen molar-refractivity contribution in [3.63, 3.8) is 0 Å². The zero-order valence-electron chi connectivity index (χ0n) is 18.1. The third-order valence-corrected chi connectivity index (χ3v) is 5.59. The average Bonchev–Trinajstić information content (AvgIpc) is 3.24. The van der Waals surface area contributed by atoms with Gasteiger partial charge in [-0.15, -0.1) is 5.10 Å². The van der Waals surface area contributed by atoms with Gasteiger partial charge in [0.05, 0.1) is 18.3 Å². The number of hydrogen-bond acceptors (Lipinski definition) is 5. The van der Waals surface area contributed by atoms with E-state index < -0.39 is 41.4 Å². The van der Waals surface area contributed by atoms with Gasteiger partial charge in [-0.25, -0.2) is 18.4 Å². The number of carbonyl (C=O) groups excluding carboxylic acids is 1. The molecule has 1 amide bonds. The van der Waals surface area contributed by atoms with Crippen LogP contribution < -0.4 is 5.73 Å². The molecule has 0 aliphatic rings. The van der Waals surface area contributed by atoms with E-state index in [1.165, 1.54) is 19.1 Å². The summed E-state index contributed by atoms with van der Waals surface area (Å²) in [6.07, 6.45) is -4.59. The number of halogens is 5. The van der Waals surface area contributed by atoms with Crippen LogP contribution in [0.3, 0.4) is 0 Å². The number of rotatable bonds is 6. The van der Waals surface area contributed by atoms with E-state index in [-0.39, 0.29) is 23.3 Å². The molecule has 35 heavy (non-hydrogen) atoms. The largest absolute Gasteiger partial charge is 0.423 e. The van der Waals surface area contributed by atoms with E-state index in [2.05, 4.69) is 15.3 Å².